The summed E-state index contributed by atoms with van der Waals surface area (Å²) in [5, 5.41) is 3.00. The van der Waals surface area contributed by atoms with Crippen LogP contribution in [0.25, 0.3) is 0 Å². The normalized spacial score (nSPS) is 32.4. The first kappa shape index (κ1) is 20.5. The molecule has 1 saturated heterocycles. The summed E-state index contributed by atoms with van der Waals surface area (Å²) in [6.45, 7) is 7.82. The van der Waals surface area contributed by atoms with Gasteiger partial charge in [0.1, 0.15) is 5.75 Å². The maximum atomic E-state index is 12.1. The van der Waals surface area contributed by atoms with Crippen LogP contribution < -0.4 is 10.1 Å². The smallest absolute Gasteiger partial charge is 0.410 e. The maximum absolute atomic E-state index is 12.1. The zero-order valence-corrected chi connectivity index (χ0v) is 18.0. The SMILES string of the molecule is CC1=C[C@H](C)[C@H]2CO[C@H](Cc3ccc(OC(=O)NC4CCCCC4)cc3)[C@H]1[C@@H]2C. The minimum absolute atomic E-state index is 0.228. The van der Waals surface area contributed by atoms with E-state index in [4.69, 9.17) is 9.47 Å². The fourth-order valence-corrected chi connectivity index (χ4v) is 5.74. The number of fused-ring (bicyclic) bond motifs is 2. The van der Waals surface area contributed by atoms with E-state index in [1.165, 1.54) is 30.4 Å². The van der Waals surface area contributed by atoms with Crippen LogP contribution in [-0.2, 0) is 11.2 Å². The van der Waals surface area contributed by atoms with Crippen molar-refractivity contribution in [3.8, 4) is 5.75 Å². The Morgan fingerprint density at radius 1 is 1.14 bits per heavy atom. The lowest BCUT2D eigenvalue weighted by molar-refractivity contribution is -0.0901. The molecule has 1 aromatic carbocycles. The molecule has 4 heteroatoms. The largest absolute Gasteiger partial charge is 0.412 e. The molecule has 3 aliphatic rings. The molecular formula is C25H35NO3. The summed E-state index contributed by atoms with van der Waals surface area (Å²) in [7, 11) is 0. The first-order valence-electron chi connectivity index (χ1n) is 11.4. The second-order valence-corrected chi connectivity index (χ2v) is 9.41. The maximum Gasteiger partial charge on any atom is 0.412 e. The number of ether oxygens (including phenoxy) is 2. The number of nitrogens with one attached hydrogen (secondary N) is 1. The third-order valence-electron chi connectivity index (χ3n) is 7.37. The summed E-state index contributed by atoms with van der Waals surface area (Å²) in [6, 6.07) is 8.19. The summed E-state index contributed by atoms with van der Waals surface area (Å²) in [5.41, 5.74) is 2.71. The fourth-order valence-electron chi connectivity index (χ4n) is 5.74. The van der Waals surface area contributed by atoms with Gasteiger partial charge in [-0.15, -0.1) is 0 Å². The molecule has 2 aliphatic carbocycles. The molecule has 5 atom stereocenters. The highest BCUT2D eigenvalue weighted by molar-refractivity contribution is 5.70. The van der Waals surface area contributed by atoms with Crippen LogP contribution in [0.1, 0.15) is 58.4 Å². The summed E-state index contributed by atoms with van der Waals surface area (Å²) in [6.07, 6.45) is 9.01. The van der Waals surface area contributed by atoms with Gasteiger partial charge in [-0.1, -0.05) is 56.9 Å². The first-order chi connectivity index (χ1) is 14.0. The van der Waals surface area contributed by atoms with Crippen LogP contribution in [0.5, 0.6) is 5.75 Å². The molecular weight excluding hydrogens is 362 g/mol. The Bertz CT molecular complexity index is 735. The third-order valence-corrected chi connectivity index (χ3v) is 7.37. The molecule has 0 aromatic heterocycles. The van der Waals surface area contributed by atoms with Crippen molar-refractivity contribution in [3.05, 3.63) is 41.5 Å². The molecule has 0 spiro atoms. The number of benzene rings is 1. The van der Waals surface area contributed by atoms with Crippen LogP contribution in [0.3, 0.4) is 0 Å². The Morgan fingerprint density at radius 2 is 1.86 bits per heavy atom. The highest BCUT2D eigenvalue weighted by atomic mass is 16.6. The van der Waals surface area contributed by atoms with Crippen molar-refractivity contribution in [1.82, 2.24) is 5.32 Å². The number of carbonyl (C=O) groups excluding carboxylic acids is 1. The lowest BCUT2D eigenvalue weighted by atomic mass is 9.65. The van der Waals surface area contributed by atoms with Gasteiger partial charge in [-0.2, -0.15) is 0 Å². The Balaban J connectivity index is 1.33. The van der Waals surface area contributed by atoms with Crippen LogP contribution in [0, 0.1) is 23.7 Å². The van der Waals surface area contributed by atoms with Crippen molar-refractivity contribution in [3.63, 3.8) is 0 Å². The van der Waals surface area contributed by atoms with Gasteiger partial charge < -0.3 is 14.8 Å². The lowest BCUT2D eigenvalue weighted by Gasteiger charge is -2.47. The van der Waals surface area contributed by atoms with Crippen molar-refractivity contribution in [2.45, 2.75) is 71.4 Å². The van der Waals surface area contributed by atoms with Gasteiger partial charge in [-0.25, -0.2) is 4.79 Å². The summed E-state index contributed by atoms with van der Waals surface area (Å²) >= 11 is 0. The fraction of sp³-hybridized carbons (Fsp3) is 0.640. The monoisotopic (exact) mass is 397 g/mol. The molecule has 4 rings (SSSR count). The molecule has 0 radical (unpaired) electrons. The van der Waals surface area contributed by atoms with E-state index in [0.717, 1.165) is 25.9 Å². The molecule has 158 valence electrons. The number of allylic oxidation sites excluding steroid dienone is 1. The van der Waals surface area contributed by atoms with E-state index in [-0.39, 0.29) is 18.2 Å². The van der Waals surface area contributed by atoms with E-state index in [1.807, 2.05) is 12.1 Å². The van der Waals surface area contributed by atoms with E-state index >= 15 is 0 Å². The van der Waals surface area contributed by atoms with Crippen molar-refractivity contribution >= 4 is 6.09 Å². The van der Waals surface area contributed by atoms with E-state index in [2.05, 4.69) is 44.3 Å². The van der Waals surface area contributed by atoms with Crippen molar-refractivity contribution in [2.75, 3.05) is 6.61 Å². The van der Waals surface area contributed by atoms with Crippen LogP contribution in [0.4, 0.5) is 4.79 Å². The van der Waals surface area contributed by atoms with Gasteiger partial charge >= 0.3 is 6.09 Å². The third kappa shape index (κ3) is 4.69. The molecule has 1 N–H and O–H groups in total. The van der Waals surface area contributed by atoms with Gasteiger partial charge in [0, 0.05) is 12.0 Å². The van der Waals surface area contributed by atoms with Gasteiger partial charge in [-0.3, -0.25) is 0 Å². The zero-order chi connectivity index (χ0) is 20.4. The Labute approximate surface area is 175 Å². The van der Waals surface area contributed by atoms with Gasteiger partial charge in [0.05, 0.1) is 12.7 Å². The molecule has 2 bridgehead atoms. The topological polar surface area (TPSA) is 47.6 Å². The van der Waals surface area contributed by atoms with Crippen molar-refractivity contribution in [2.24, 2.45) is 23.7 Å². The molecule has 4 nitrogen and oxygen atoms in total. The van der Waals surface area contributed by atoms with Gasteiger partial charge in [0.25, 0.3) is 0 Å². The number of amides is 1. The molecule has 1 amide bonds. The zero-order valence-electron chi connectivity index (χ0n) is 18.0. The second kappa shape index (κ2) is 8.91. The van der Waals surface area contributed by atoms with Gasteiger partial charge in [0.15, 0.2) is 0 Å². The number of hydrogen-bond acceptors (Lipinski definition) is 3. The van der Waals surface area contributed by atoms with Crippen LogP contribution in [-0.4, -0.2) is 24.8 Å². The highest BCUT2D eigenvalue weighted by Crippen LogP contribution is 2.45. The molecule has 1 aromatic rings. The van der Waals surface area contributed by atoms with E-state index in [9.17, 15) is 4.79 Å². The summed E-state index contributed by atoms with van der Waals surface area (Å²) in [5.74, 6) is 3.02. The van der Waals surface area contributed by atoms with E-state index < -0.39 is 0 Å². The predicted molar refractivity (Wildman–Crippen MR) is 115 cm³/mol. The quantitative estimate of drug-likeness (QED) is 0.681. The Kier molecular flexibility index (Phi) is 6.29. The average Bonchev–Trinajstić information content (AvgIpc) is 2.69. The molecule has 1 saturated carbocycles. The van der Waals surface area contributed by atoms with Crippen LogP contribution in [0.2, 0.25) is 0 Å². The van der Waals surface area contributed by atoms with Gasteiger partial charge in [0.2, 0.25) is 0 Å². The number of rotatable bonds is 4. The minimum atomic E-state index is -0.336. The van der Waals surface area contributed by atoms with Gasteiger partial charge in [-0.05, 0) is 61.6 Å². The molecule has 2 fully saturated rings. The standard InChI is InChI=1S/C25H35NO3/c1-16-13-17(2)24-18(3)22(16)15-28-23(24)14-19-9-11-21(12-10-19)29-25(27)26-20-7-5-4-6-8-20/h9-13,16,18,20,22-24H,4-8,14-15H2,1-3H3,(H,26,27)/t16-,18+,22+,23+,24+/m0/s1. The molecule has 0 unspecified atom stereocenters. The number of hydrogen-bond donors (Lipinski definition) is 1. The number of carbonyl (C=O) groups is 1. The van der Waals surface area contributed by atoms with Crippen molar-refractivity contribution < 1.29 is 14.3 Å². The van der Waals surface area contributed by atoms with Crippen molar-refractivity contribution in [1.29, 1.82) is 0 Å². The Hall–Kier alpha value is -1.81. The molecule has 29 heavy (non-hydrogen) atoms. The van der Waals surface area contributed by atoms with E-state index in [1.54, 1.807) is 0 Å². The van der Waals surface area contributed by atoms with E-state index in [0.29, 0.717) is 29.4 Å². The second-order valence-electron chi connectivity index (χ2n) is 9.41. The predicted octanol–water partition coefficient (Wildman–Crippen LogP) is 5.51. The Morgan fingerprint density at radius 3 is 2.59 bits per heavy atom. The lowest BCUT2D eigenvalue weighted by Crippen LogP contribution is -2.47. The molecule has 1 heterocycles. The highest BCUT2D eigenvalue weighted by Gasteiger charge is 2.43. The summed E-state index contributed by atoms with van der Waals surface area (Å²) in [4.78, 5) is 12.1. The first-order valence-corrected chi connectivity index (χ1v) is 11.4. The van der Waals surface area contributed by atoms with Crippen LogP contribution in [0.15, 0.2) is 35.9 Å². The summed E-state index contributed by atoms with van der Waals surface area (Å²) < 4.78 is 11.8. The average molecular weight is 398 g/mol. The molecule has 1 aliphatic heterocycles. The minimum Gasteiger partial charge on any atom is -0.410 e. The van der Waals surface area contributed by atoms with Crippen LogP contribution >= 0.6 is 0 Å².